The van der Waals surface area contributed by atoms with Gasteiger partial charge in [-0.25, -0.2) is 4.79 Å². The first kappa shape index (κ1) is 26.4. The predicted octanol–water partition coefficient (Wildman–Crippen LogP) is 3.41. The lowest BCUT2D eigenvalue weighted by Gasteiger charge is -2.51. The zero-order valence-corrected chi connectivity index (χ0v) is 21.0. The number of nitrogens with zero attached hydrogens (tertiary/aromatic N) is 1. The van der Waals surface area contributed by atoms with Crippen molar-refractivity contribution in [3.8, 4) is 0 Å². The molecule has 0 saturated carbocycles. The van der Waals surface area contributed by atoms with Gasteiger partial charge in [-0.05, 0) is 58.7 Å². The molecular formula is C24H38ClN3O4. The van der Waals surface area contributed by atoms with Crippen molar-refractivity contribution in [2.24, 2.45) is 5.41 Å². The summed E-state index contributed by atoms with van der Waals surface area (Å²) in [5, 5.41) is 27.6. The number of aliphatic hydroxyl groups is 2. The second-order valence-electron chi connectivity index (χ2n) is 10.9. The number of carbonyl (C=O) groups excluding carboxylic acids is 2. The zero-order chi connectivity index (χ0) is 24.5. The lowest BCUT2D eigenvalue weighted by Crippen LogP contribution is -2.59. The van der Waals surface area contributed by atoms with Crippen molar-refractivity contribution in [1.82, 2.24) is 15.5 Å². The van der Waals surface area contributed by atoms with Gasteiger partial charge in [-0.2, -0.15) is 0 Å². The maximum absolute atomic E-state index is 13.1. The molecule has 2 atom stereocenters. The number of likely N-dealkylation sites (tertiary alicyclic amines) is 1. The Morgan fingerprint density at radius 1 is 1.19 bits per heavy atom. The number of nitrogens with one attached hydrogen (secondary N) is 2. The number of hydrogen-bond acceptors (Lipinski definition) is 4. The molecule has 1 aliphatic rings. The van der Waals surface area contributed by atoms with Crippen LogP contribution in [0.5, 0.6) is 0 Å². The molecule has 1 aliphatic heterocycles. The lowest BCUT2D eigenvalue weighted by molar-refractivity contribution is -0.154. The van der Waals surface area contributed by atoms with Crippen LogP contribution >= 0.6 is 11.6 Å². The van der Waals surface area contributed by atoms with E-state index in [1.807, 2.05) is 26.0 Å². The second kappa shape index (κ2) is 9.20. The van der Waals surface area contributed by atoms with E-state index in [-0.39, 0.29) is 12.3 Å². The Hall–Kier alpha value is -1.83. The number of hydrogen-bond donors (Lipinski definition) is 4. The van der Waals surface area contributed by atoms with E-state index in [0.717, 1.165) is 5.56 Å². The van der Waals surface area contributed by atoms with Crippen LogP contribution in [-0.2, 0) is 10.4 Å². The molecule has 1 aromatic carbocycles. The maximum Gasteiger partial charge on any atom is 0.315 e. The Kier molecular flexibility index (Phi) is 7.59. The van der Waals surface area contributed by atoms with Crippen LogP contribution in [0.4, 0.5) is 4.79 Å². The van der Waals surface area contributed by atoms with Gasteiger partial charge in [0.2, 0.25) is 5.91 Å². The minimum Gasteiger partial charge on any atom is -0.388 e. The molecule has 32 heavy (non-hydrogen) atoms. The fraction of sp³-hybridized carbons (Fsp3) is 0.667. The van der Waals surface area contributed by atoms with E-state index < -0.39 is 34.2 Å². The molecule has 0 aromatic heterocycles. The SMILES string of the molecule is CC(NC(=O)NC(C)(C)CC(=O)N1CCC(O)(c2ccc(Cl)cc2)C(C)(C)C1)C(C)(C)O. The van der Waals surface area contributed by atoms with Gasteiger partial charge < -0.3 is 25.7 Å². The monoisotopic (exact) mass is 467 g/mol. The molecular weight excluding hydrogens is 430 g/mol. The lowest BCUT2D eigenvalue weighted by atomic mass is 9.66. The second-order valence-corrected chi connectivity index (χ2v) is 11.3. The standard InChI is InChI=1S/C24H38ClN3O4/c1-16(23(6,7)31)26-20(30)27-22(4,5)14-19(29)28-13-12-24(32,21(2,3)15-28)17-8-10-18(25)11-9-17/h8-11,16,31-32H,12-15H2,1-7H3,(H2,26,27,30). The maximum atomic E-state index is 13.1. The molecule has 1 heterocycles. The van der Waals surface area contributed by atoms with Crippen molar-refractivity contribution < 1.29 is 19.8 Å². The van der Waals surface area contributed by atoms with Gasteiger partial charge in [0, 0.05) is 35.5 Å². The van der Waals surface area contributed by atoms with E-state index in [1.54, 1.807) is 51.7 Å². The number of rotatable bonds is 6. The first-order chi connectivity index (χ1) is 14.5. The minimum atomic E-state index is -1.07. The molecule has 1 saturated heterocycles. The first-order valence-electron chi connectivity index (χ1n) is 11.0. The van der Waals surface area contributed by atoms with Crippen LogP contribution in [0.1, 0.15) is 66.9 Å². The van der Waals surface area contributed by atoms with Gasteiger partial charge in [0.1, 0.15) is 0 Å². The average molecular weight is 468 g/mol. The number of urea groups is 1. The van der Waals surface area contributed by atoms with Crippen LogP contribution < -0.4 is 10.6 Å². The van der Waals surface area contributed by atoms with Crippen LogP contribution in [0.15, 0.2) is 24.3 Å². The smallest absolute Gasteiger partial charge is 0.315 e. The van der Waals surface area contributed by atoms with Gasteiger partial charge in [0.25, 0.3) is 0 Å². The van der Waals surface area contributed by atoms with E-state index in [1.165, 1.54) is 0 Å². The zero-order valence-electron chi connectivity index (χ0n) is 20.3. The van der Waals surface area contributed by atoms with E-state index >= 15 is 0 Å². The van der Waals surface area contributed by atoms with Crippen molar-refractivity contribution in [1.29, 1.82) is 0 Å². The molecule has 0 aliphatic carbocycles. The summed E-state index contributed by atoms with van der Waals surface area (Å²) in [7, 11) is 0. The summed E-state index contributed by atoms with van der Waals surface area (Å²) in [6.45, 7) is 13.3. The summed E-state index contributed by atoms with van der Waals surface area (Å²) in [4.78, 5) is 27.2. The molecule has 3 amide bonds. The summed E-state index contributed by atoms with van der Waals surface area (Å²) in [5.74, 6) is -0.0860. The molecule has 8 heteroatoms. The largest absolute Gasteiger partial charge is 0.388 e. The van der Waals surface area contributed by atoms with Gasteiger partial charge >= 0.3 is 6.03 Å². The third-order valence-electron chi connectivity index (χ3n) is 6.58. The Morgan fingerprint density at radius 3 is 2.25 bits per heavy atom. The average Bonchev–Trinajstić information content (AvgIpc) is 2.62. The summed E-state index contributed by atoms with van der Waals surface area (Å²) >= 11 is 6.00. The fourth-order valence-electron chi connectivity index (χ4n) is 4.05. The number of amides is 3. The molecule has 180 valence electrons. The molecule has 7 nitrogen and oxygen atoms in total. The highest BCUT2D eigenvalue weighted by atomic mass is 35.5. The van der Waals surface area contributed by atoms with Crippen molar-refractivity contribution in [3.05, 3.63) is 34.9 Å². The van der Waals surface area contributed by atoms with Crippen molar-refractivity contribution in [2.45, 2.75) is 84.1 Å². The van der Waals surface area contributed by atoms with Crippen LogP contribution in [-0.4, -0.2) is 57.3 Å². The van der Waals surface area contributed by atoms with Gasteiger partial charge in [-0.3, -0.25) is 4.79 Å². The molecule has 0 bridgehead atoms. The Bertz CT molecular complexity index is 833. The van der Waals surface area contributed by atoms with Crippen molar-refractivity contribution in [3.63, 3.8) is 0 Å². The van der Waals surface area contributed by atoms with Gasteiger partial charge in [0.05, 0.1) is 17.2 Å². The topological polar surface area (TPSA) is 102 Å². The third-order valence-corrected chi connectivity index (χ3v) is 6.83. The minimum absolute atomic E-state index is 0.0860. The van der Waals surface area contributed by atoms with E-state index in [0.29, 0.717) is 24.5 Å². The van der Waals surface area contributed by atoms with Crippen LogP contribution in [0, 0.1) is 5.41 Å². The fourth-order valence-corrected chi connectivity index (χ4v) is 4.17. The number of benzene rings is 1. The molecule has 2 unspecified atom stereocenters. The predicted molar refractivity (Wildman–Crippen MR) is 126 cm³/mol. The number of halogens is 1. The quantitative estimate of drug-likeness (QED) is 0.514. The number of piperidine rings is 1. The van der Waals surface area contributed by atoms with E-state index in [2.05, 4.69) is 10.6 Å². The number of carbonyl (C=O) groups is 2. The van der Waals surface area contributed by atoms with Crippen molar-refractivity contribution >= 4 is 23.5 Å². The Labute approximate surface area is 196 Å². The van der Waals surface area contributed by atoms with E-state index in [4.69, 9.17) is 11.6 Å². The van der Waals surface area contributed by atoms with Gasteiger partial charge in [-0.1, -0.05) is 37.6 Å². The van der Waals surface area contributed by atoms with Gasteiger partial charge in [0.15, 0.2) is 0 Å². The Morgan fingerprint density at radius 2 is 1.75 bits per heavy atom. The van der Waals surface area contributed by atoms with Crippen molar-refractivity contribution in [2.75, 3.05) is 13.1 Å². The first-order valence-corrected chi connectivity index (χ1v) is 11.4. The summed E-state index contributed by atoms with van der Waals surface area (Å²) < 4.78 is 0. The summed E-state index contributed by atoms with van der Waals surface area (Å²) in [6, 6.07) is 6.31. The summed E-state index contributed by atoms with van der Waals surface area (Å²) in [5.41, 5.74) is -2.70. The Balaban J connectivity index is 2.02. The van der Waals surface area contributed by atoms with Gasteiger partial charge in [-0.15, -0.1) is 0 Å². The van der Waals surface area contributed by atoms with E-state index in [9.17, 15) is 19.8 Å². The summed E-state index contributed by atoms with van der Waals surface area (Å²) in [6.07, 6.45) is 0.525. The van der Waals surface area contributed by atoms with Crippen LogP contribution in [0.2, 0.25) is 5.02 Å². The third kappa shape index (κ3) is 6.15. The highest BCUT2D eigenvalue weighted by Gasteiger charge is 2.49. The highest BCUT2D eigenvalue weighted by molar-refractivity contribution is 6.30. The highest BCUT2D eigenvalue weighted by Crippen LogP contribution is 2.46. The van der Waals surface area contributed by atoms with Crippen LogP contribution in [0.3, 0.4) is 0 Å². The van der Waals surface area contributed by atoms with Crippen LogP contribution in [0.25, 0.3) is 0 Å². The molecule has 2 rings (SSSR count). The normalized spacial score (nSPS) is 22.2. The molecule has 0 spiro atoms. The molecule has 1 fully saturated rings. The molecule has 4 N–H and O–H groups in total. The molecule has 0 radical (unpaired) electrons. The molecule has 1 aromatic rings.